The number of aliphatic carboxylic acids is 1. The number of rotatable bonds is 5. The number of hydrogen-bond acceptors (Lipinski definition) is 4. The Bertz CT molecular complexity index is 480. The molecule has 2 amide bonds. The number of amides is 2. The van der Waals surface area contributed by atoms with Gasteiger partial charge in [0.05, 0.1) is 18.2 Å². The number of carboxylic acid groups (broad SMARTS) is 1. The summed E-state index contributed by atoms with van der Waals surface area (Å²) in [4.78, 5) is 22.1. The Labute approximate surface area is 117 Å². The van der Waals surface area contributed by atoms with Crippen LogP contribution < -0.4 is 15.4 Å². The number of aliphatic hydroxyl groups is 1. The van der Waals surface area contributed by atoms with Gasteiger partial charge in [-0.05, 0) is 34.1 Å². The Morgan fingerprint density at radius 2 is 2.16 bits per heavy atom. The minimum Gasteiger partial charge on any atom is -0.496 e. The Morgan fingerprint density at radius 1 is 1.47 bits per heavy atom. The molecule has 0 spiro atoms. The van der Waals surface area contributed by atoms with E-state index in [-0.39, 0.29) is 0 Å². The maximum absolute atomic E-state index is 11.5. The molecule has 1 atom stereocenters. The van der Waals surface area contributed by atoms with Crippen molar-refractivity contribution >= 4 is 33.6 Å². The summed E-state index contributed by atoms with van der Waals surface area (Å²) in [5, 5.41) is 22.0. The maximum Gasteiger partial charge on any atom is 0.328 e. The van der Waals surface area contributed by atoms with Gasteiger partial charge in [0.1, 0.15) is 5.75 Å². The van der Waals surface area contributed by atoms with Gasteiger partial charge < -0.3 is 25.6 Å². The molecule has 0 fully saturated rings. The number of methoxy groups -OCH3 is 1. The van der Waals surface area contributed by atoms with Crippen LogP contribution in [0.15, 0.2) is 22.7 Å². The standard InChI is InChI=1S/C11H13BrN2O5/c1-19-9-3-2-6(4-7(9)12)13-11(18)14-8(5-15)10(16)17/h2-4,8,15H,5H2,1H3,(H,16,17)(H2,13,14,18)/t8-/m0/s1. The molecular formula is C11H13BrN2O5. The molecule has 7 nitrogen and oxygen atoms in total. The zero-order valence-corrected chi connectivity index (χ0v) is 11.6. The highest BCUT2D eigenvalue weighted by molar-refractivity contribution is 9.10. The van der Waals surface area contributed by atoms with Crippen molar-refractivity contribution in [3.05, 3.63) is 22.7 Å². The molecule has 0 aliphatic rings. The highest BCUT2D eigenvalue weighted by Gasteiger charge is 2.18. The fourth-order valence-corrected chi connectivity index (χ4v) is 1.80. The van der Waals surface area contributed by atoms with Gasteiger partial charge >= 0.3 is 12.0 Å². The van der Waals surface area contributed by atoms with E-state index in [4.69, 9.17) is 14.9 Å². The van der Waals surface area contributed by atoms with Crippen LogP contribution in [-0.2, 0) is 4.79 Å². The molecular weight excluding hydrogens is 320 g/mol. The van der Waals surface area contributed by atoms with Crippen LogP contribution in [0.3, 0.4) is 0 Å². The largest absolute Gasteiger partial charge is 0.496 e. The molecule has 0 radical (unpaired) electrons. The first-order valence-electron chi connectivity index (χ1n) is 5.22. The number of benzene rings is 1. The molecule has 1 aromatic carbocycles. The molecule has 0 aliphatic carbocycles. The van der Waals surface area contributed by atoms with Crippen molar-refractivity contribution in [1.82, 2.24) is 5.32 Å². The smallest absolute Gasteiger partial charge is 0.328 e. The number of hydrogen-bond donors (Lipinski definition) is 4. The van der Waals surface area contributed by atoms with E-state index in [2.05, 4.69) is 26.6 Å². The number of ether oxygens (including phenoxy) is 1. The van der Waals surface area contributed by atoms with Crippen LogP contribution >= 0.6 is 15.9 Å². The van der Waals surface area contributed by atoms with E-state index in [0.717, 1.165) is 0 Å². The Kier molecular flexibility index (Phi) is 5.58. The summed E-state index contributed by atoms with van der Waals surface area (Å²) in [7, 11) is 1.51. The first-order chi connectivity index (χ1) is 8.97. The average molecular weight is 333 g/mol. The van der Waals surface area contributed by atoms with E-state index >= 15 is 0 Å². The Hall–Kier alpha value is -1.80. The first-order valence-corrected chi connectivity index (χ1v) is 6.02. The number of nitrogens with one attached hydrogen (secondary N) is 2. The van der Waals surface area contributed by atoms with Crippen molar-refractivity contribution in [3.63, 3.8) is 0 Å². The summed E-state index contributed by atoms with van der Waals surface area (Å²) in [6.07, 6.45) is 0. The molecule has 0 aliphatic heterocycles. The van der Waals surface area contributed by atoms with E-state index in [1.165, 1.54) is 7.11 Å². The summed E-state index contributed by atoms with van der Waals surface area (Å²) in [5.41, 5.74) is 0.451. The van der Waals surface area contributed by atoms with Gasteiger partial charge in [-0.25, -0.2) is 9.59 Å². The average Bonchev–Trinajstić information content (AvgIpc) is 2.35. The summed E-state index contributed by atoms with van der Waals surface area (Å²) in [5.74, 6) is -0.710. The van der Waals surface area contributed by atoms with Gasteiger partial charge in [-0.15, -0.1) is 0 Å². The van der Waals surface area contributed by atoms with Crippen molar-refractivity contribution in [2.75, 3.05) is 19.0 Å². The van der Waals surface area contributed by atoms with Gasteiger partial charge in [0.15, 0.2) is 6.04 Å². The number of halogens is 1. The van der Waals surface area contributed by atoms with Crippen molar-refractivity contribution in [2.24, 2.45) is 0 Å². The number of carboxylic acids is 1. The third-order valence-corrected chi connectivity index (χ3v) is 2.82. The second-order valence-corrected chi connectivity index (χ2v) is 4.38. The lowest BCUT2D eigenvalue weighted by Crippen LogP contribution is -2.45. The number of carbonyl (C=O) groups is 2. The summed E-state index contributed by atoms with van der Waals surface area (Å²) in [6.45, 7) is -0.685. The lowest BCUT2D eigenvalue weighted by molar-refractivity contribution is -0.140. The second kappa shape index (κ2) is 6.95. The third kappa shape index (κ3) is 4.42. The molecule has 1 rings (SSSR count). The monoisotopic (exact) mass is 332 g/mol. The molecule has 104 valence electrons. The minimum atomic E-state index is -1.35. The maximum atomic E-state index is 11.5. The van der Waals surface area contributed by atoms with E-state index in [9.17, 15) is 9.59 Å². The lowest BCUT2D eigenvalue weighted by Gasteiger charge is -2.13. The zero-order valence-electron chi connectivity index (χ0n) is 10.0. The Morgan fingerprint density at radius 3 is 2.63 bits per heavy atom. The topological polar surface area (TPSA) is 108 Å². The van der Waals surface area contributed by atoms with Gasteiger partial charge in [0, 0.05) is 5.69 Å². The van der Waals surface area contributed by atoms with Crippen LogP contribution in [0.5, 0.6) is 5.75 Å². The number of urea groups is 1. The van der Waals surface area contributed by atoms with E-state index in [1.54, 1.807) is 18.2 Å². The predicted octanol–water partition coefficient (Wildman–Crippen LogP) is 1.02. The van der Waals surface area contributed by atoms with Gasteiger partial charge in [0.2, 0.25) is 0 Å². The molecule has 19 heavy (non-hydrogen) atoms. The molecule has 0 unspecified atom stereocenters. The molecule has 1 aromatic rings. The van der Waals surface area contributed by atoms with E-state index in [1.807, 2.05) is 0 Å². The molecule has 0 saturated heterocycles. The third-order valence-electron chi connectivity index (χ3n) is 2.20. The fourth-order valence-electron chi connectivity index (χ4n) is 1.26. The highest BCUT2D eigenvalue weighted by atomic mass is 79.9. The van der Waals surface area contributed by atoms with Crippen LogP contribution in [0.1, 0.15) is 0 Å². The SMILES string of the molecule is COc1ccc(NC(=O)N[C@@H](CO)C(=O)O)cc1Br. The van der Waals surface area contributed by atoms with Crippen molar-refractivity contribution in [1.29, 1.82) is 0 Å². The molecule has 0 heterocycles. The van der Waals surface area contributed by atoms with Crippen LogP contribution in [0.4, 0.5) is 10.5 Å². The number of aliphatic hydroxyl groups excluding tert-OH is 1. The van der Waals surface area contributed by atoms with Crippen LogP contribution in [-0.4, -0.2) is 42.0 Å². The normalized spacial score (nSPS) is 11.5. The molecule has 0 saturated carbocycles. The summed E-state index contributed by atoms with van der Waals surface area (Å²) >= 11 is 3.25. The van der Waals surface area contributed by atoms with Crippen LogP contribution in [0.2, 0.25) is 0 Å². The van der Waals surface area contributed by atoms with Crippen LogP contribution in [0, 0.1) is 0 Å². The first kappa shape index (κ1) is 15.3. The van der Waals surface area contributed by atoms with Gasteiger partial charge in [-0.2, -0.15) is 0 Å². The minimum absolute atomic E-state index is 0.451. The molecule has 8 heteroatoms. The number of carbonyl (C=O) groups excluding carboxylic acids is 1. The van der Waals surface area contributed by atoms with E-state index < -0.39 is 24.6 Å². The number of anilines is 1. The van der Waals surface area contributed by atoms with Gasteiger partial charge in [0.25, 0.3) is 0 Å². The molecule has 0 bridgehead atoms. The van der Waals surface area contributed by atoms with Gasteiger partial charge in [-0.1, -0.05) is 0 Å². The quantitative estimate of drug-likeness (QED) is 0.644. The van der Waals surface area contributed by atoms with Crippen LogP contribution in [0.25, 0.3) is 0 Å². The summed E-state index contributed by atoms with van der Waals surface area (Å²) in [6, 6.07) is 2.77. The summed E-state index contributed by atoms with van der Waals surface area (Å²) < 4.78 is 5.68. The second-order valence-electron chi connectivity index (χ2n) is 3.52. The van der Waals surface area contributed by atoms with Crippen molar-refractivity contribution in [2.45, 2.75) is 6.04 Å². The molecule has 0 aromatic heterocycles. The zero-order chi connectivity index (χ0) is 14.4. The van der Waals surface area contributed by atoms with Gasteiger partial charge in [-0.3, -0.25) is 0 Å². The predicted molar refractivity (Wildman–Crippen MR) is 71.4 cm³/mol. The van der Waals surface area contributed by atoms with E-state index in [0.29, 0.717) is 15.9 Å². The van der Waals surface area contributed by atoms with Crippen molar-refractivity contribution in [3.8, 4) is 5.75 Å². The van der Waals surface area contributed by atoms with Crippen molar-refractivity contribution < 1.29 is 24.5 Å². The Balaban J connectivity index is 2.67. The fraction of sp³-hybridized carbons (Fsp3) is 0.273. The lowest BCUT2D eigenvalue weighted by atomic mass is 10.3. The highest BCUT2D eigenvalue weighted by Crippen LogP contribution is 2.27. The molecule has 4 N–H and O–H groups in total.